The second-order valence-corrected chi connectivity index (χ2v) is 29.0. The maximum atomic E-state index is 12.7. The molecule has 4 nitrogen and oxygen atoms in total. The lowest BCUT2D eigenvalue weighted by Crippen LogP contribution is -2.12. The molecule has 0 aliphatic rings. The van der Waals surface area contributed by atoms with Gasteiger partial charge < -0.3 is 9.84 Å². The monoisotopic (exact) mass is 1340 g/mol. The SMILES string of the molecule is CC(C)[C@H](CO)c1ccccc1.CC[C@@H](c1ccc(F)cc1)C(C)C.CC[C@@H](c1ccccn1)C(C)C.CC[C@H](c1ccccc1)C(C)C.CC[C@H](c1ccccc1)C(C)C.CC[C@H](c1ccccc1)C(C)C.CC[C@H](c1ccccn1)C(C)C.COC[C@H](c1ccccc1)C(C)C. The van der Waals surface area contributed by atoms with Crippen LogP contribution in [-0.4, -0.2) is 35.4 Å². The summed E-state index contributed by atoms with van der Waals surface area (Å²) in [5.74, 6) is 9.98. The van der Waals surface area contributed by atoms with E-state index in [0.29, 0.717) is 53.3 Å². The predicted octanol–water partition coefficient (Wildman–Crippen LogP) is 27.4. The van der Waals surface area contributed by atoms with E-state index in [1.54, 1.807) is 19.2 Å². The molecule has 0 saturated carbocycles. The van der Waals surface area contributed by atoms with Gasteiger partial charge in [-0.2, -0.15) is 0 Å². The highest BCUT2D eigenvalue weighted by Gasteiger charge is 2.19. The molecule has 0 unspecified atom stereocenters. The Hall–Kier alpha value is -6.53. The maximum absolute atomic E-state index is 12.7. The first kappa shape index (κ1) is 89.5. The Bertz CT molecular complexity index is 2630. The summed E-state index contributed by atoms with van der Waals surface area (Å²) in [5, 5.41) is 9.15. The number of aromatic nitrogens is 2. The summed E-state index contributed by atoms with van der Waals surface area (Å²) in [4.78, 5) is 8.74. The van der Waals surface area contributed by atoms with Crippen molar-refractivity contribution in [2.24, 2.45) is 47.3 Å². The fourth-order valence-electron chi connectivity index (χ4n) is 13.4. The highest BCUT2D eigenvalue weighted by molar-refractivity contribution is 5.25. The lowest BCUT2D eigenvalue weighted by Gasteiger charge is -2.20. The zero-order valence-corrected chi connectivity index (χ0v) is 65.9. The molecule has 98 heavy (non-hydrogen) atoms. The molecule has 0 spiro atoms. The molecule has 8 atom stereocenters. The number of aliphatic hydroxyl groups excluding tert-OH is 1. The van der Waals surface area contributed by atoms with Crippen molar-refractivity contribution in [2.75, 3.05) is 20.3 Å². The zero-order valence-electron chi connectivity index (χ0n) is 65.9. The number of ether oxygens (including phenoxy) is 1. The molecule has 2 heterocycles. The molecule has 0 saturated heterocycles. The Kier molecular flexibility index (Phi) is 48.7. The molecule has 0 aliphatic heterocycles. The van der Waals surface area contributed by atoms with Gasteiger partial charge in [-0.25, -0.2) is 4.39 Å². The number of benzene rings is 6. The van der Waals surface area contributed by atoms with Crippen LogP contribution >= 0.6 is 0 Å². The van der Waals surface area contributed by atoms with Crippen molar-refractivity contribution >= 4 is 0 Å². The molecule has 8 rings (SSSR count). The van der Waals surface area contributed by atoms with Crippen LogP contribution in [0.3, 0.4) is 0 Å². The lowest BCUT2D eigenvalue weighted by atomic mass is 9.86. The van der Waals surface area contributed by atoms with Gasteiger partial charge in [-0.05, 0) is 179 Å². The average Bonchev–Trinajstić information content (AvgIpc) is 1.20. The van der Waals surface area contributed by atoms with E-state index in [9.17, 15) is 4.39 Å². The van der Waals surface area contributed by atoms with Crippen molar-refractivity contribution in [3.8, 4) is 0 Å². The van der Waals surface area contributed by atoms with Crippen LogP contribution in [0.1, 0.15) is 283 Å². The molecule has 6 aromatic carbocycles. The summed E-state index contributed by atoms with van der Waals surface area (Å²) in [7, 11) is 1.76. The molecule has 1 N–H and O–H groups in total. The van der Waals surface area contributed by atoms with Crippen molar-refractivity contribution < 1.29 is 14.2 Å². The van der Waals surface area contributed by atoms with E-state index in [0.717, 1.165) is 48.5 Å². The molecular formula is C93H139FN2O2. The van der Waals surface area contributed by atoms with Gasteiger partial charge in [0.2, 0.25) is 0 Å². The summed E-state index contributed by atoms with van der Waals surface area (Å²) < 4.78 is 17.9. The van der Waals surface area contributed by atoms with Gasteiger partial charge in [0.1, 0.15) is 5.82 Å². The summed E-state index contributed by atoms with van der Waals surface area (Å²) in [6.45, 7) is 50.4. The van der Waals surface area contributed by atoms with E-state index in [2.05, 4.69) is 314 Å². The van der Waals surface area contributed by atoms with Gasteiger partial charge in [0.25, 0.3) is 0 Å². The van der Waals surface area contributed by atoms with Crippen LogP contribution in [0.4, 0.5) is 4.39 Å². The van der Waals surface area contributed by atoms with Crippen molar-refractivity contribution in [1.29, 1.82) is 0 Å². The highest BCUT2D eigenvalue weighted by Crippen LogP contribution is 2.32. The van der Waals surface area contributed by atoms with Crippen molar-refractivity contribution in [2.45, 2.75) is 238 Å². The fraction of sp³-hybridized carbons (Fsp3) is 0.505. The molecule has 0 bridgehead atoms. The minimum absolute atomic E-state index is 0.151. The van der Waals surface area contributed by atoms with Gasteiger partial charge in [0.15, 0.2) is 0 Å². The number of aliphatic hydroxyl groups is 1. The van der Waals surface area contributed by atoms with Crippen molar-refractivity contribution in [1.82, 2.24) is 9.97 Å². The standard InChI is InChI=1S/C12H17F.C12H18O.3C12H18.2C11H17N.C11H16O/c1-4-12(9(2)3)10-5-7-11(13)8-6-10;1-10(2)12(9-13-3)11-7-5-4-6-8-11;3*1-4-12(10(2)3)11-8-6-5-7-9-11;2*1-4-10(9(2)3)11-7-5-6-8-12-11;1-9(2)11(8-12)10-6-4-3-5-7-10/h5-9,12H,4H2,1-3H3;4-8,10,12H,9H2,1-3H3;3*5-10,12H,4H2,1-3H3;2*5-10H,4H2,1-3H3;3-7,9,11-12H,8H2,1-2H3/t5*12-;2*10-;11-/m10000100/s1. The van der Waals surface area contributed by atoms with E-state index >= 15 is 0 Å². The fourth-order valence-corrected chi connectivity index (χ4v) is 13.4. The van der Waals surface area contributed by atoms with Crippen LogP contribution < -0.4 is 0 Å². The minimum atomic E-state index is -0.151. The second-order valence-electron chi connectivity index (χ2n) is 29.0. The molecule has 8 aromatic rings. The number of methoxy groups -OCH3 is 1. The Labute approximate surface area is 602 Å². The number of hydrogen-bond donors (Lipinski definition) is 1. The van der Waals surface area contributed by atoms with E-state index in [4.69, 9.17) is 9.84 Å². The minimum Gasteiger partial charge on any atom is -0.396 e. The molecule has 0 aliphatic carbocycles. The first-order chi connectivity index (χ1) is 46.9. The topological polar surface area (TPSA) is 55.2 Å². The third-order valence-electron chi connectivity index (χ3n) is 19.2. The Morgan fingerprint density at radius 1 is 0.276 bits per heavy atom. The normalized spacial score (nSPS) is 13.3. The van der Waals surface area contributed by atoms with Gasteiger partial charge in [0.05, 0.1) is 13.2 Å². The van der Waals surface area contributed by atoms with Crippen molar-refractivity contribution in [3.05, 3.63) is 275 Å². The molecule has 5 heteroatoms. The number of rotatable bonds is 25. The summed E-state index contributed by atoms with van der Waals surface area (Å²) in [6, 6.07) is 72.3. The third-order valence-corrected chi connectivity index (χ3v) is 19.2. The Morgan fingerprint density at radius 2 is 0.490 bits per heavy atom. The number of pyridine rings is 2. The number of nitrogens with zero attached hydrogens (tertiary/aromatic N) is 2. The largest absolute Gasteiger partial charge is 0.396 e. The van der Waals surface area contributed by atoms with Gasteiger partial charge in [-0.3, -0.25) is 9.97 Å². The molecule has 540 valence electrons. The van der Waals surface area contributed by atoms with Crippen LogP contribution in [0.25, 0.3) is 0 Å². The van der Waals surface area contributed by atoms with Gasteiger partial charge in [-0.15, -0.1) is 0 Å². The Morgan fingerprint density at radius 3 is 0.684 bits per heavy atom. The number of hydrogen-bond acceptors (Lipinski definition) is 4. The first-order valence-corrected chi connectivity index (χ1v) is 37.8. The van der Waals surface area contributed by atoms with Crippen LogP contribution in [0.2, 0.25) is 0 Å². The van der Waals surface area contributed by atoms with Crippen LogP contribution in [0, 0.1) is 53.2 Å². The molecule has 2 aromatic heterocycles. The molecule has 0 radical (unpaired) electrons. The van der Waals surface area contributed by atoms with Crippen molar-refractivity contribution in [3.63, 3.8) is 0 Å². The first-order valence-electron chi connectivity index (χ1n) is 37.8. The number of halogens is 1. The molecule has 0 fully saturated rings. The molecule has 0 amide bonds. The smallest absolute Gasteiger partial charge is 0.123 e. The van der Waals surface area contributed by atoms with Crippen LogP contribution in [-0.2, 0) is 4.74 Å². The third kappa shape index (κ3) is 35.5. The zero-order chi connectivity index (χ0) is 73.4. The maximum Gasteiger partial charge on any atom is 0.123 e. The molecular weight excluding hydrogens is 1200 g/mol. The second kappa shape index (κ2) is 53.4. The van der Waals surface area contributed by atoms with Crippen LogP contribution in [0.5, 0.6) is 0 Å². The predicted molar refractivity (Wildman–Crippen MR) is 428 cm³/mol. The van der Waals surface area contributed by atoms with Gasteiger partial charge >= 0.3 is 0 Å². The van der Waals surface area contributed by atoms with E-state index in [1.165, 1.54) is 76.9 Å². The average molecular weight is 1340 g/mol. The van der Waals surface area contributed by atoms with E-state index in [-0.39, 0.29) is 18.3 Å². The lowest BCUT2D eigenvalue weighted by molar-refractivity contribution is 0.162. The van der Waals surface area contributed by atoms with E-state index < -0.39 is 0 Å². The van der Waals surface area contributed by atoms with Gasteiger partial charge in [0, 0.05) is 54.6 Å². The summed E-state index contributed by atoms with van der Waals surface area (Å²) in [6.07, 6.45) is 10.9. The van der Waals surface area contributed by atoms with Crippen LogP contribution in [0.15, 0.2) is 225 Å². The summed E-state index contributed by atoms with van der Waals surface area (Å²) >= 11 is 0. The van der Waals surface area contributed by atoms with Gasteiger partial charge in [-0.1, -0.05) is 328 Å². The quantitative estimate of drug-likeness (QED) is 0.0620. The Balaban J connectivity index is 0.000000560. The highest BCUT2D eigenvalue weighted by atomic mass is 19.1. The van der Waals surface area contributed by atoms with E-state index in [1.807, 2.05) is 60.9 Å². The summed E-state index contributed by atoms with van der Waals surface area (Å²) in [5.41, 5.74) is 10.8.